The van der Waals surface area contributed by atoms with E-state index in [-0.39, 0.29) is 5.91 Å². The van der Waals surface area contributed by atoms with Crippen molar-refractivity contribution in [3.05, 3.63) is 88.9 Å². The van der Waals surface area contributed by atoms with Gasteiger partial charge in [-0.25, -0.2) is 9.97 Å². The number of carbonyl (C=O) groups excluding carboxylic acids is 1. The molecule has 0 saturated heterocycles. The standard InChI is InChI=1S/C28H25BrN4OS/c1-32(2)15-8-16-33(28-31-24-14-13-20(29)17-26(24)35-28)27(34)22-18-25(19-9-4-3-5-10-19)30-23-12-7-6-11-21(22)23/h3-7,9-14,17-18H,8,15-16H2,1-2H3. The highest BCUT2D eigenvalue weighted by Gasteiger charge is 2.24. The highest BCUT2D eigenvalue weighted by atomic mass is 79.9. The summed E-state index contributed by atoms with van der Waals surface area (Å²) in [6.07, 6.45) is 0.840. The maximum Gasteiger partial charge on any atom is 0.260 e. The smallest absolute Gasteiger partial charge is 0.260 e. The van der Waals surface area contributed by atoms with Crippen LogP contribution in [0.4, 0.5) is 5.13 Å². The number of carbonyl (C=O) groups is 1. The van der Waals surface area contributed by atoms with Crippen molar-refractivity contribution < 1.29 is 4.79 Å². The third-order valence-corrected chi connectivity index (χ3v) is 7.35. The summed E-state index contributed by atoms with van der Waals surface area (Å²) in [6.45, 7) is 1.46. The average molecular weight is 546 g/mol. The van der Waals surface area contributed by atoms with Crippen LogP contribution in [0.5, 0.6) is 0 Å². The molecule has 0 fully saturated rings. The van der Waals surface area contributed by atoms with Gasteiger partial charge in [0.25, 0.3) is 5.91 Å². The van der Waals surface area contributed by atoms with E-state index in [2.05, 4.69) is 20.8 Å². The number of pyridine rings is 1. The number of anilines is 1. The Morgan fingerprint density at radius 1 is 0.886 bits per heavy atom. The molecule has 0 saturated carbocycles. The van der Waals surface area contributed by atoms with E-state index in [1.54, 1.807) is 11.3 Å². The van der Waals surface area contributed by atoms with Gasteiger partial charge in [0.1, 0.15) is 0 Å². The molecule has 3 aromatic carbocycles. The summed E-state index contributed by atoms with van der Waals surface area (Å²) in [5, 5.41) is 1.56. The normalized spacial score (nSPS) is 11.4. The summed E-state index contributed by atoms with van der Waals surface area (Å²) in [7, 11) is 4.09. The molecule has 0 unspecified atom stereocenters. The first-order chi connectivity index (χ1) is 17.0. The summed E-state index contributed by atoms with van der Waals surface area (Å²) in [6, 6.07) is 25.8. The first-order valence-electron chi connectivity index (χ1n) is 11.5. The fourth-order valence-electron chi connectivity index (χ4n) is 4.09. The first-order valence-corrected chi connectivity index (χ1v) is 13.1. The molecular formula is C28H25BrN4OS. The van der Waals surface area contributed by atoms with Crippen LogP contribution in [0.15, 0.2) is 83.3 Å². The van der Waals surface area contributed by atoms with Crippen LogP contribution >= 0.6 is 27.3 Å². The Morgan fingerprint density at radius 3 is 2.46 bits per heavy atom. The lowest BCUT2D eigenvalue weighted by Crippen LogP contribution is -2.33. The van der Waals surface area contributed by atoms with Crippen molar-refractivity contribution in [2.45, 2.75) is 6.42 Å². The maximum atomic E-state index is 14.2. The number of halogens is 1. The van der Waals surface area contributed by atoms with Crippen LogP contribution in [0.2, 0.25) is 0 Å². The molecule has 5 aromatic rings. The summed E-state index contributed by atoms with van der Waals surface area (Å²) >= 11 is 5.09. The van der Waals surface area contributed by atoms with Gasteiger partial charge in [0.2, 0.25) is 0 Å². The summed E-state index contributed by atoms with van der Waals surface area (Å²) in [5.74, 6) is -0.0577. The van der Waals surface area contributed by atoms with Crippen LogP contribution in [0, 0.1) is 0 Å². The second-order valence-corrected chi connectivity index (χ2v) is 10.6. The second kappa shape index (κ2) is 10.2. The fourth-order valence-corrected chi connectivity index (χ4v) is 5.63. The predicted octanol–water partition coefficient (Wildman–Crippen LogP) is 6.87. The van der Waals surface area contributed by atoms with E-state index in [0.717, 1.165) is 49.8 Å². The number of rotatable bonds is 7. The van der Waals surface area contributed by atoms with Gasteiger partial charge in [0, 0.05) is 22.0 Å². The molecule has 0 spiro atoms. The molecule has 5 rings (SSSR count). The van der Waals surface area contributed by atoms with Crippen LogP contribution in [0.1, 0.15) is 16.8 Å². The Kier molecular flexibility index (Phi) is 6.90. The minimum Gasteiger partial charge on any atom is -0.309 e. The lowest BCUT2D eigenvalue weighted by atomic mass is 10.0. The topological polar surface area (TPSA) is 49.3 Å². The van der Waals surface area contributed by atoms with Gasteiger partial charge in [0.15, 0.2) is 5.13 Å². The van der Waals surface area contributed by atoms with Gasteiger partial charge >= 0.3 is 0 Å². The molecule has 5 nitrogen and oxygen atoms in total. The SMILES string of the molecule is CN(C)CCCN(C(=O)c1cc(-c2ccccc2)nc2ccccc12)c1nc2ccc(Br)cc2s1. The van der Waals surface area contributed by atoms with Crippen molar-refractivity contribution in [1.82, 2.24) is 14.9 Å². The van der Waals surface area contributed by atoms with Crippen molar-refractivity contribution in [1.29, 1.82) is 0 Å². The zero-order chi connectivity index (χ0) is 24.4. The van der Waals surface area contributed by atoms with Crippen molar-refractivity contribution in [3.63, 3.8) is 0 Å². The van der Waals surface area contributed by atoms with Gasteiger partial charge in [0.05, 0.1) is 27.0 Å². The Hall–Kier alpha value is -3.13. The molecular weight excluding hydrogens is 520 g/mol. The molecule has 0 atom stereocenters. The Labute approximate surface area is 217 Å². The molecule has 176 valence electrons. The third kappa shape index (κ3) is 5.12. The number of benzene rings is 3. The van der Waals surface area contributed by atoms with E-state index < -0.39 is 0 Å². The Balaban J connectivity index is 1.62. The summed E-state index contributed by atoms with van der Waals surface area (Å²) in [4.78, 5) is 27.9. The zero-order valence-electron chi connectivity index (χ0n) is 19.6. The molecule has 0 radical (unpaired) electrons. The number of nitrogens with zero attached hydrogens (tertiary/aromatic N) is 4. The average Bonchev–Trinajstić information content (AvgIpc) is 3.28. The molecule has 0 N–H and O–H groups in total. The van der Waals surface area contributed by atoms with Gasteiger partial charge in [-0.15, -0.1) is 0 Å². The number of thiazole rings is 1. The summed E-state index contributed by atoms with van der Waals surface area (Å²) < 4.78 is 2.04. The third-order valence-electron chi connectivity index (χ3n) is 5.82. The Morgan fingerprint density at radius 2 is 1.66 bits per heavy atom. The molecule has 7 heteroatoms. The van der Waals surface area contributed by atoms with Crippen LogP contribution in [0.3, 0.4) is 0 Å². The molecule has 0 aliphatic rings. The lowest BCUT2D eigenvalue weighted by molar-refractivity contribution is 0.0987. The van der Waals surface area contributed by atoms with Crippen molar-refractivity contribution in [2.24, 2.45) is 0 Å². The van der Waals surface area contributed by atoms with Gasteiger partial charge in [-0.2, -0.15) is 0 Å². The molecule has 35 heavy (non-hydrogen) atoms. The number of amides is 1. The fraction of sp³-hybridized carbons (Fsp3) is 0.179. The molecule has 0 bridgehead atoms. The first kappa shape index (κ1) is 23.6. The molecule has 2 heterocycles. The monoisotopic (exact) mass is 544 g/mol. The number of hydrogen-bond acceptors (Lipinski definition) is 5. The van der Waals surface area contributed by atoms with E-state index >= 15 is 0 Å². The summed E-state index contributed by atoms with van der Waals surface area (Å²) in [5.41, 5.74) is 4.10. The van der Waals surface area contributed by atoms with E-state index in [9.17, 15) is 4.79 Å². The number of para-hydroxylation sites is 1. The van der Waals surface area contributed by atoms with Crippen molar-refractivity contribution in [3.8, 4) is 11.3 Å². The minimum absolute atomic E-state index is 0.0577. The van der Waals surface area contributed by atoms with Crippen molar-refractivity contribution in [2.75, 3.05) is 32.1 Å². The largest absolute Gasteiger partial charge is 0.309 e. The maximum absolute atomic E-state index is 14.2. The highest BCUT2D eigenvalue weighted by molar-refractivity contribution is 9.10. The molecule has 1 amide bonds. The molecule has 2 aromatic heterocycles. The number of fused-ring (bicyclic) bond motifs is 2. The van der Waals surface area contributed by atoms with Crippen LogP contribution in [0.25, 0.3) is 32.4 Å². The van der Waals surface area contributed by atoms with Gasteiger partial charge in [-0.3, -0.25) is 9.69 Å². The zero-order valence-corrected chi connectivity index (χ0v) is 22.0. The Bertz CT molecular complexity index is 1500. The van der Waals surface area contributed by atoms with Gasteiger partial charge in [-0.1, -0.05) is 75.8 Å². The quantitative estimate of drug-likeness (QED) is 0.224. The van der Waals surface area contributed by atoms with Gasteiger partial charge in [-0.05, 0) is 57.4 Å². The number of hydrogen-bond donors (Lipinski definition) is 0. The van der Waals surface area contributed by atoms with Crippen LogP contribution in [-0.2, 0) is 0 Å². The second-order valence-electron chi connectivity index (χ2n) is 8.66. The highest BCUT2D eigenvalue weighted by Crippen LogP contribution is 2.33. The molecule has 0 aliphatic carbocycles. The molecule has 0 aliphatic heterocycles. The van der Waals surface area contributed by atoms with Crippen LogP contribution < -0.4 is 4.90 Å². The number of aromatic nitrogens is 2. The predicted molar refractivity (Wildman–Crippen MR) is 149 cm³/mol. The minimum atomic E-state index is -0.0577. The van der Waals surface area contributed by atoms with Crippen LogP contribution in [-0.4, -0.2) is 48.0 Å². The van der Waals surface area contributed by atoms with Gasteiger partial charge < -0.3 is 4.90 Å². The van der Waals surface area contributed by atoms with E-state index in [1.807, 2.05) is 97.9 Å². The lowest BCUT2D eigenvalue weighted by Gasteiger charge is -2.22. The van der Waals surface area contributed by atoms with E-state index in [1.165, 1.54) is 0 Å². The van der Waals surface area contributed by atoms with E-state index in [0.29, 0.717) is 17.2 Å². The van der Waals surface area contributed by atoms with E-state index in [4.69, 9.17) is 9.97 Å². The van der Waals surface area contributed by atoms with Crippen molar-refractivity contribution >= 4 is 59.4 Å².